The summed E-state index contributed by atoms with van der Waals surface area (Å²) in [5.41, 5.74) is 0.519. The summed E-state index contributed by atoms with van der Waals surface area (Å²) in [6.45, 7) is 4.43. The van der Waals surface area contributed by atoms with E-state index in [1.165, 1.54) is 18.2 Å². The Morgan fingerprint density at radius 2 is 2.05 bits per heavy atom. The van der Waals surface area contributed by atoms with Gasteiger partial charge in [-0.15, -0.1) is 0 Å². The molecule has 2 N–H and O–H groups in total. The van der Waals surface area contributed by atoms with Crippen LogP contribution in [0.4, 0.5) is 0 Å². The number of halogens is 1. The predicted molar refractivity (Wildman–Crippen MR) is 85.9 cm³/mol. The van der Waals surface area contributed by atoms with Gasteiger partial charge in [-0.05, 0) is 30.0 Å². The summed E-state index contributed by atoms with van der Waals surface area (Å²) in [5.74, 6) is 0.354. The Hall–Kier alpha value is -0.620. The van der Waals surface area contributed by atoms with Crippen LogP contribution in [0.5, 0.6) is 0 Å². The first-order chi connectivity index (χ1) is 9.94. The van der Waals surface area contributed by atoms with Gasteiger partial charge < -0.3 is 5.11 Å². The Morgan fingerprint density at radius 1 is 1.33 bits per heavy atom. The zero-order valence-corrected chi connectivity index (χ0v) is 14.2. The second kappa shape index (κ2) is 8.73. The molecule has 6 heteroatoms. The van der Waals surface area contributed by atoms with E-state index in [0.29, 0.717) is 18.0 Å². The quantitative estimate of drug-likeness (QED) is 0.728. The first-order valence-corrected chi connectivity index (χ1v) is 9.19. The van der Waals surface area contributed by atoms with Crippen LogP contribution in [-0.2, 0) is 16.6 Å². The van der Waals surface area contributed by atoms with Crippen LogP contribution in [0.15, 0.2) is 23.1 Å². The highest BCUT2D eigenvalue weighted by molar-refractivity contribution is 7.89. The van der Waals surface area contributed by atoms with Gasteiger partial charge in [0, 0.05) is 11.6 Å². The fraction of sp³-hybridized carbons (Fsp3) is 0.600. The molecule has 0 spiro atoms. The first kappa shape index (κ1) is 18.4. The zero-order chi connectivity index (χ0) is 15.9. The van der Waals surface area contributed by atoms with Gasteiger partial charge in [-0.2, -0.15) is 0 Å². The summed E-state index contributed by atoms with van der Waals surface area (Å²) < 4.78 is 27.1. The molecule has 4 nitrogen and oxygen atoms in total. The number of benzene rings is 1. The lowest BCUT2D eigenvalue weighted by Gasteiger charge is -2.15. The van der Waals surface area contributed by atoms with Crippen molar-refractivity contribution in [3.63, 3.8) is 0 Å². The maximum absolute atomic E-state index is 12.2. The van der Waals surface area contributed by atoms with E-state index in [1.54, 1.807) is 0 Å². The fourth-order valence-corrected chi connectivity index (χ4v) is 3.52. The number of aliphatic hydroxyl groups excluding tert-OH is 1. The molecule has 1 aromatic carbocycles. The summed E-state index contributed by atoms with van der Waals surface area (Å²) in [6.07, 6.45) is 4.20. The van der Waals surface area contributed by atoms with Crippen LogP contribution in [0.1, 0.15) is 45.1 Å². The van der Waals surface area contributed by atoms with Gasteiger partial charge in [0.25, 0.3) is 0 Å². The highest BCUT2D eigenvalue weighted by Gasteiger charge is 2.17. The van der Waals surface area contributed by atoms with E-state index in [-0.39, 0.29) is 16.5 Å². The topological polar surface area (TPSA) is 66.4 Å². The van der Waals surface area contributed by atoms with E-state index in [4.69, 9.17) is 16.7 Å². The standard InChI is InChI=1S/C15H24ClNO3S/c1-3-5-6-12(4-2)10-17-21(19,20)14-8-7-13(11-18)15(16)9-14/h7-9,12,17-18H,3-6,10-11H2,1-2H3. The van der Waals surface area contributed by atoms with Crippen molar-refractivity contribution in [1.29, 1.82) is 0 Å². The van der Waals surface area contributed by atoms with Crippen LogP contribution in [0.2, 0.25) is 5.02 Å². The van der Waals surface area contributed by atoms with Gasteiger partial charge in [-0.1, -0.05) is 50.8 Å². The molecule has 120 valence electrons. The molecule has 1 atom stereocenters. The Kier molecular flexibility index (Phi) is 7.66. The van der Waals surface area contributed by atoms with E-state index in [1.807, 2.05) is 0 Å². The van der Waals surface area contributed by atoms with Gasteiger partial charge in [0.15, 0.2) is 0 Å². The lowest BCUT2D eigenvalue weighted by Crippen LogP contribution is -2.29. The van der Waals surface area contributed by atoms with Gasteiger partial charge >= 0.3 is 0 Å². The number of nitrogens with one attached hydrogen (secondary N) is 1. The van der Waals surface area contributed by atoms with Gasteiger partial charge in [-0.3, -0.25) is 0 Å². The molecule has 1 unspecified atom stereocenters. The van der Waals surface area contributed by atoms with Crippen molar-refractivity contribution in [3.8, 4) is 0 Å². The van der Waals surface area contributed by atoms with Crippen molar-refractivity contribution < 1.29 is 13.5 Å². The lowest BCUT2D eigenvalue weighted by molar-refractivity contribution is 0.282. The molecule has 0 fully saturated rings. The molecule has 1 aromatic rings. The minimum Gasteiger partial charge on any atom is -0.392 e. The first-order valence-electron chi connectivity index (χ1n) is 7.33. The van der Waals surface area contributed by atoms with Gasteiger partial charge in [-0.25, -0.2) is 13.1 Å². The van der Waals surface area contributed by atoms with Crippen LogP contribution in [-0.4, -0.2) is 20.1 Å². The van der Waals surface area contributed by atoms with Crippen molar-refractivity contribution >= 4 is 21.6 Å². The number of aliphatic hydroxyl groups is 1. The van der Waals surface area contributed by atoms with Gasteiger partial charge in [0.05, 0.1) is 11.5 Å². The van der Waals surface area contributed by atoms with Crippen LogP contribution in [0, 0.1) is 5.92 Å². The molecule has 0 radical (unpaired) electrons. The zero-order valence-electron chi connectivity index (χ0n) is 12.6. The summed E-state index contributed by atoms with van der Waals surface area (Å²) in [6, 6.07) is 4.38. The monoisotopic (exact) mass is 333 g/mol. The van der Waals surface area contributed by atoms with E-state index >= 15 is 0 Å². The molecule has 0 aromatic heterocycles. The lowest BCUT2D eigenvalue weighted by atomic mass is 10.00. The van der Waals surface area contributed by atoms with Crippen molar-refractivity contribution in [2.75, 3.05) is 6.54 Å². The Balaban J connectivity index is 2.74. The van der Waals surface area contributed by atoms with Crippen molar-refractivity contribution in [3.05, 3.63) is 28.8 Å². The number of rotatable bonds is 9. The number of hydrogen-bond acceptors (Lipinski definition) is 3. The summed E-state index contributed by atoms with van der Waals surface area (Å²) >= 11 is 5.94. The van der Waals surface area contributed by atoms with Crippen LogP contribution in [0.3, 0.4) is 0 Å². The van der Waals surface area contributed by atoms with Crippen molar-refractivity contribution in [1.82, 2.24) is 4.72 Å². The molecule has 0 heterocycles. The highest BCUT2D eigenvalue weighted by Crippen LogP contribution is 2.21. The molecule has 1 rings (SSSR count). The second-order valence-electron chi connectivity index (χ2n) is 5.18. The summed E-state index contributed by atoms with van der Waals surface area (Å²) in [7, 11) is -3.55. The minimum absolute atomic E-state index is 0.134. The van der Waals surface area contributed by atoms with E-state index in [2.05, 4.69) is 18.6 Å². The average Bonchev–Trinajstić information content (AvgIpc) is 2.47. The minimum atomic E-state index is -3.55. The van der Waals surface area contributed by atoms with Crippen LogP contribution >= 0.6 is 11.6 Å². The van der Waals surface area contributed by atoms with Gasteiger partial charge in [0.2, 0.25) is 10.0 Å². The maximum Gasteiger partial charge on any atom is 0.240 e. The van der Waals surface area contributed by atoms with E-state index in [9.17, 15) is 8.42 Å². The molecular weight excluding hydrogens is 310 g/mol. The Morgan fingerprint density at radius 3 is 2.57 bits per heavy atom. The second-order valence-corrected chi connectivity index (χ2v) is 7.35. The Bertz CT molecular complexity index is 546. The predicted octanol–water partition coefficient (Wildman–Crippen LogP) is 3.33. The average molecular weight is 334 g/mol. The fourth-order valence-electron chi connectivity index (χ4n) is 2.08. The third-order valence-electron chi connectivity index (χ3n) is 3.61. The number of unbranched alkanes of at least 4 members (excludes halogenated alkanes) is 1. The summed E-state index contributed by atoms with van der Waals surface area (Å²) in [5, 5.41) is 9.32. The van der Waals surface area contributed by atoms with Crippen molar-refractivity contribution in [2.45, 2.75) is 51.0 Å². The van der Waals surface area contributed by atoms with Crippen LogP contribution in [0.25, 0.3) is 0 Å². The number of hydrogen-bond donors (Lipinski definition) is 2. The molecule has 0 saturated heterocycles. The molecule has 0 aliphatic heterocycles. The van der Waals surface area contributed by atoms with Gasteiger partial charge in [0.1, 0.15) is 0 Å². The largest absolute Gasteiger partial charge is 0.392 e. The highest BCUT2D eigenvalue weighted by atomic mass is 35.5. The summed E-state index contributed by atoms with van der Waals surface area (Å²) in [4.78, 5) is 0.134. The van der Waals surface area contributed by atoms with E-state index < -0.39 is 10.0 Å². The normalized spacial score (nSPS) is 13.3. The molecule has 0 amide bonds. The molecule has 0 bridgehead atoms. The van der Waals surface area contributed by atoms with Crippen LogP contribution < -0.4 is 4.72 Å². The van der Waals surface area contributed by atoms with E-state index in [0.717, 1.165) is 25.7 Å². The Labute approximate surface area is 132 Å². The van der Waals surface area contributed by atoms with Crippen molar-refractivity contribution in [2.24, 2.45) is 5.92 Å². The molecule has 0 aliphatic rings. The third kappa shape index (κ3) is 5.58. The molecule has 0 aliphatic carbocycles. The molecule has 0 saturated carbocycles. The number of sulfonamides is 1. The SMILES string of the molecule is CCCCC(CC)CNS(=O)(=O)c1ccc(CO)c(Cl)c1. The molecular formula is C15H24ClNO3S. The third-order valence-corrected chi connectivity index (χ3v) is 5.38. The molecule has 21 heavy (non-hydrogen) atoms. The smallest absolute Gasteiger partial charge is 0.240 e. The maximum atomic E-state index is 12.2.